The van der Waals surface area contributed by atoms with Gasteiger partial charge in [-0.05, 0) is 85.3 Å². The zero-order valence-electron chi connectivity index (χ0n) is 22.8. The molecule has 0 aliphatic rings. The minimum Gasteiger partial charge on any atom is -0.378 e. The fraction of sp³-hybridized carbons (Fsp3) is 0.226. The Kier molecular flexibility index (Phi) is 7.65. The third-order valence-electron chi connectivity index (χ3n) is 6.81. The molecule has 0 aliphatic heterocycles. The first-order chi connectivity index (χ1) is 18.2. The molecule has 0 heterocycles. The van der Waals surface area contributed by atoms with Crippen molar-refractivity contribution in [3.05, 3.63) is 118 Å². The van der Waals surface area contributed by atoms with Gasteiger partial charge in [0.25, 0.3) is 0 Å². The number of rotatable bonds is 8. The van der Waals surface area contributed by atoms with Gasteiger partial charge in [-0.25, -0.2) is 0 Å². The molecule has 0 aliphatic carbocycles. The number of hydrogen-bond donors (Lipinski definition) is 0. The lowest BCUT2D eigenvalue weighted by atomic mass is 9.76. The van der Waals surface area contributed by atoms with Crippen molar-refractivity contribution in [1.29, 1.82) is 0 Å². The zero-order valence-corrected chi connectivity index (χ0v) is 24.5. The van der Waals surface area contributed by atoms with E-state index in [1.807, 2.05) is 52.0 Å². The minimum absolute atomic E-state index is 0.0933. The van der Waals surface area contributed by atoms with E-state index in [1.54, 1.807) is 36.4 Å². The normalized spacial score (nSPS) is 12.3. The molecule has 4 aromatic carbocycles. The summed E-state index contributed by atoms with van der Waals surface area (Å²) in [6.45, 7) is 11.4. The van der Waals surface area contributed by atoms with E-state index in [0.717, 1.165) is 11.1 Å². The van der Waals surface area contributed by atoms with Crippen LogP contribution in [0.3, 0.4) is 0 Å². The topological polar surface area (TPSA) is 86.7 Å². The summed E-state index contributed by atoms with van der Waals surface area (Å²) in [7, 11) is -7.95. The molecule has 0 saturated heterocycles. The summed E-state index contributed by atoms with van der Waals surface area (Å²) < 4.78 is 62.4. The fourth-order valence-electron chi connectivity index (χ4n) is 4.54. The molecule has 0 amide bonds. The molecular formula is C31H32O6S2. The van der Waals surface area contributed by atoms with Crippen LogP contribution in [0.15, 0.2) is 94.7 Å². The minimum atomic E-state index is -3.97. The van der Waals surface area contributed by atoms with Crippen LogP contribution in [-0.4, -0.2) is 16.8 Å². The van der Waals surface area contributed by atoms with E-state index in [0.29, 0.717) is 33.8 Å². The van der Waals surface area contributed by atoms with Crippen molar-refractivity contribution in [3.63, 3.8) is 0 Å². The summed E-state index contributed by atoms with van der Waals surface area (Å²) in [5.41, 5.74) is 4.22. The molecule has 4 rings (SSSR count). The monoisotopic (exact) mass is 564 g/mol. The van der Waals surface area contributed by atoms with Crippen molar-refractivity contribution in [2.75, 3.05) is 0 Å². The van der Waals surface area contributed by atoms with Gasteiger partial charge in [0.15, 0.2) is 0 Å². The Morgan fingerprint density at radius 2 is 0.795 bits per heavy atom. The van der Waals surface area contributed by atoms with E-state index >= 15 is 0 Å². The molecule has 0 saturated carbocycles. The van der Waals surface area contributed by atoms with Gasteiger partial charge in [0, 0.05) is 5.41 Å². The summed E-state index contributed by atoms with van der Waals surface area (Å²) in [5, 5.41) is 0. The lowest BCUT2D eigenvalue weighted by Gasteiger charge is -2.29. The van der Waals surface area contributed by atoms with Crippen LogP contribution in [-0.2, 0) is 25.7 Å². The van der Waals surface area contributed by atoms with Gasteiger partial charge in [-0.3, -0.25) is 0 Å². The molecule has 4 aromatic rings. The third kappa shape index (κ3) is 5.87. The van der Waals surface area contributed by atoms with Crippen LogP contribution in [0.25, 0.3) is 0 Å². The molecule has 0 radical (unpaired) electrons. The predicted molar refractivity (Wildman–Crippen MR) is 152 cm³/mol. The lowest BCUT2D eigenvalue weighted by Crippen LogP contribution is -2.21. The highest BCUT2D eigenvalue weighted by Crippen LogP contribution is 2.39. The van der Waals surface area contributed by atoms with E-state index in [4.69, 9.17) is 8.37 Å². The molecule has 0 atom stereocenters. The number of hydrogen-bond acceptors (Lipinski definition) is 6. The van der Waals surface area contributed by atoms with Crippen molar-refractivity contribution in [3.8, 4) is 11.5 Å². The van der Waals surface area contributed by atoms with Crippen molar-refractivity contribution in [1.82, 2.24) is 0 Å². The van der Waals surface area contributed by atoms with E-state index in [2.05, 4.69) is 13.8 Å². The van der Waals surface area contributed by atoms with Crippen LogP contribution < -0.4 is 8.37 Å². The smallest absolute Gasteiger partial charge is 0.339 e. The fourth-order valence-corrected chi connectivity index (χ4v) is 6.68. The van der Waals surface area contributed by atoms with Crippen molar-refractivity contribution >= 4 is 20.2 Å². The van der Waals surface area contributed by atoms with Gasteiger partial charge < -0.3 is 8.37 Å². The van der Waals surface area contributed by atoms with Crippen molar-refractivity contribution < 1.29 is 25.2 Å². The number of benzene rings is 4. The van der Waals surface area contributed by atoms with Gasteiger partial charge >= 0.3 is 20.2 Å². The van der Waals surface area contributed by atoms with E-state index in [-0.39, 0.29) is 9.79 Å². The molecule has 0 aromatic heterocycles. The van der Waals surface area contributed by atoms with Gasteiger partial charge in [-0.2, -0.15) is 16.8 Å². The zero-order chi connectivity index (χ0) is 28.6. The molecule has 0 spiro atoms. The van der Waals surface area contributed by atoms with Gasteiger partial charge in [-0.15, -0.1) is 0 Å². The second kappa shape index (κ2) is 10.5. The molecule has 0 unspecified atom stereocenters. The molecule has 0 N–H and O–H groups in total. The Morgan fingerprint density at radius 1 is 0.513 bits per heavy atom. The summed E-state index contributed by atoms with van der Waals surface area (Å²) in [6.07, 6.45) is 0. The summed E-state index contributed by atoms with van der Waals surface area (Å²) in [5.74, 6) is 0.612. The third-order valence-corrected chi connectivity index (χ3v) is 9.29. The second-order valence-electron chi connectivity index (χ2n) is 10.2. The van der Waals surface area contributed by atoms with Gasteiger partial charge in [0.05, 0.1) is 0 Å². The Hall–Kier alpha value is -3.62. The van der Waals surface area contributed by atoms with Crippen LogP contribution in [0.4, 0.5) is 0 Å². The Labute approximate surface area is 231 Å². The van der Waals surface area contributed by atoms with Gasteiger partial charge in [0.1, 0.15) is 21.3 Å². The van der Waals surface area contributed by atoms with E-state index in [1.165, 1.54) is 24.3 Å². The van der Waals surface area contributed by atoms with Crippen molar-refractivity contribution in [2.45, 2.75) is 56.7 Å². The number of aryl methyl sites for hydroxylation is 4. The average molecular weight is 565 g/mol. The second-order valence-corrected chi connectivity index (χ2v) is 13.3. The maximum absolute atomic E-state index is 12.8. The summed E-state index contributed by atoms with van der Waals surface area (Å²) in [6, 6.07) is 23.8. The highest BCUT2D eigenvalue weighted by molar-refractivity contribution is 7.87. The Morgan fingerprint density at radius 3 is 1.08 bits per heavy atom. The van der Waals surface area contributed by atoms with Crippen LogP contribution in [0.5, 0.6) is 11.5 Å². The van der Waals surface area contributed by atoms with E-state index < -0.39 is 25.7 Å². The summed E-state index contributed by atoms with van der Waals surface area (Å²) in [4.78, 5) is 0.187. The largest absolute Gasteiger partial charge is 0.378 e. The quantitative estimate of drug-likeness (QED) is 0.219. The molecule has 8 heteroatoms. The maximum Gasteiger partial charge on any atom is 0.339 e. The maximum atomic E-state index is 12.8. The standard InChI is InChI=1S/C31H32O6S2/c1-21-17-25(18-22(2)29(21)36-38(32,33)27-13-9-7-10-14-27)31(5,6)26-19-23(3)30(24(4)20-26)37-39(34,35)28-15-11-8-12-16-28/h7-20H,1-6H3. The van der Waals surface area contributed by atoms with Crippen LogP contribution in [0, 0.1) is 27.7 Å². The van der Waals surface area contributed by atoms with Crippen LogP contribution in [0.2, 0.25) is 0 Å². The average Bonchev–Trinajstić information content (AvgIpc) is 2.89. The molecule has 6 nitrogen and oxygen atoms in total. The van der Waals surface area contributed by atoms with Crippen molar-refractivity contribution in [2.24, 2.45) is 0 Å². The SMILES string of the molecule is Cc1cc(C(C)(C)c2cc(C)c(OS(=O)(=O)c3ccccc3)c(C)c2)cc(C)c1OS(=O)(=O)c1ccccc1. The Balaban J connectivity index is 1.66. The molecule has 0 fully saturated rings. The predicted octanol–water partition coefficient (Wildman–Crippen LogP) is 6.78. The Bertz CT molecular complexity index is 1550. The van der Waals surface area contributed by atoms with Gasteiger partial charge in [0.2, 0.25) is 0 Å². The highest BCUT2D eigenvalue weighted by Gasteiger charge is 2.28. The van der Waals surface area contributed by atoms with E-state index in [9.17, 15) is 16.8 Å². The van der Waals surface area contributed by atoms with Crippen LogP contribution >= 0.6 is 0 Å². The first-order valence-corrected chi connectivity index (χ1v) is 15.3. The summed E-state index contributed by atoms with van der Waals surface area (Å²) >= 11 is 0. The molecule has 39 heavy (non-hydrogen) atoms. The lowest BCUT2D eigenvalue weighted by molar-refractivity contribution is 0.480. The highest BCUT2D eigenvalue weighted by atomic mass is 32.2. The first kappa shape index (κ1) is 28.4. The molecular weight excluding hydrogens is 532 g/mol. The molecule has 204 valence electrons. The van der Waals surface area contributed by atoms with Gasteiger partial charge in [-0.1, -0.05) is 74.5 Å². The molecule has 0 bridgehead atoms. The van der Waals surface area contributed by atoms with Crippen LogP contribution in [0.1, 0.15) is 47.2 Å². The first-order valence-electron chi connectivity index (χ1n) is 12.4.